The number of benzene rings is 2. The van der Waals surface area contributed by atoms with E-state index in [0.717, 1.165) is 44.1 Å². The summed E-state index contributed by atoms with van der Waals surface area (Å²) in [5, 5.41) is 14.2. The van der Waals surface area contributed by atoms with E-state index < -0.39 is 17.7 Å². The number of unbranched alkanes of at least 4 members (excludes halogenated alkanes) is 1. The van der Waals surface area contributed by atoms with Crippen LogP contribution in [0.15, 0.2) is 48.5 Å². The summed E-state index contributed by atoms with van der Waals surface area (Å²) in [4.78, 5) is 44.6. The van der Waals surface area contributed by atoms with E-state index in [-0.39, 0.29) is 23.5 Å². The first-order valence-corrected chi connectivity index (χ1v) is 15.7. The van der Waals surface area contributed by atoms with Gasteiger partial charge in [-0.05, 0) is 67.9 Å². The lowest BCUT2D eigenvalue weighted by Crippen LogP contribution is -2.75. The average molecular weight is 576 g/mol. The zero-order chi connectivity index (χ0) is 29.7. The van der Waals surface area contributed by atoms with Crippen molar-refractivity contribution in [1.82, 2.24) is 15.1 Å². The number of piperidine rings is 1. The molecule has 2 aliphatic heterocycles. The van der Waals surface area contributed by atoms with Gasteiger partial charge in [-0.3, -0.25) is 19.3 Å². The Hall–Kier alpha value is -3.23. The zero-order valence-electron chi connectivity index (χ0n) is 25.0. The van der Waals surface area contributed by atoms with Crippen LogP contribution in [0.2, 0.25) is 0 Å². The third-order valence-corrected chi connectivity index (χ3v) is 9.63. The second-order valence-corrected chi connectivity index (χ2v) is 12.2. The highest BCUT2D eigenvalue weighted by atomic mass is 16.5. The van der Waals surface area contributed by atoms with E-state index in [1.165, 1.54) is 6.42 Å². The van der Waals surface area contributed by atoms with Gasteiger partial charge in [-0.25, -0.2) is 0 Å². The van der Waals surface area contributed by atoms with Gasteiger partial charge in [0.25, 0.3) is 0 Å². The molecule has 2 N–H and O–H groups in total. The van der Waals surface area contributed by atoms with Crippen molar-refractivity contribution in [1.29, 1.82) is 0 Å². The number of carbonyl (C=O) groups excluding carboxylic acids is 3. The quantitative estimate of drug-likeness (QED) is 0.410. The van der Waals surface area contributed by atoms with Crippen LogP contribution in [-0.2, 0) is 16.1 Å². The smallest absolute Gasteiger partial charge is 0.248 e. The number of nitrogens with zero attached hydrogens (tertiary/aromatic N) is 2. The number of nitrogens with one attached hydrogen (secondary N) is 1. The summed E-state index contributed by atoms with van der Waals surface area (Å²) in [7, 11) is 1.60. The third-order valence-electron chi connectivity index (χ3n) is 9.63. The van der Waals surface area contributed by atoms with Crippen molar-refractivity contribution in [3.05, 3.63) is 65.2 Å². The Bertz CT molecular complexity index is 1230. The van der Waals surface area contributed by atoms with Crippen LogP contribution in [0.25, 0.3) is 0 Å². The molecule has 0 unspecified atom stereocenters. The van der Waals surface area contributed by atoms with E-state index in [0.29, 0.717) is 55.9 Å². The van der Waals surface area contributed by atoms with Crippen LogP contribution in [-0.4, -0.2) is 76.9 Å². The van der Waals surface area contributed by atoms with Crippen molar-refractivity contribution in [2.45, 2.75) is 88.9 Å². The number of ether oxygens (including phenoxy) is 1. The molecule has 226 valence electrons. The lowest BCUT2D eigenvalue weighted by atomic mass is 9.78. The average Bonchev–Trinajstić information content (AvgIpc) is 3.04. The van der Waals surface area contributed by atoms with E-state index in [2.05, 4.69) is 17.1 Å². The van der Waals surface area contributed by atoms with Crippen molar-refractivity contribution in [3.63, 3.8) is 0 Å². The summed E-state index contributed by atoms with van der Waals surface area (Å²) < 4.78 is 5.18. The van der Waals surface area contributed by atoms with Crippen molar-refractivity contribution >= 4 is 17.6 Å². The van der Waals surface area contributed by atoms with E-state index in [9.17, 15) is 19.5 Å². The highest BCUT2D eigenvalue weighted by molar-refractivity contribution is 6.09. The minimum Gasteiger partial charge on any atom is -0.497 e. The molecule has 0 radical (unpaired) electrons. The van der Waals surface area contributed by atoms with Crippen LogP contribution in [0, 0.1) is 5.92 Å². The van der Waals surface area contributed by atoms with E-state index in [4.69, 9.17) is 4.74 Å². The SMILES string of the molecule is CCCCN1C(=O)[C@@H]([C@H](O)C2CCCCC2)NC(=O)C12CCN(Cc1ccc(C(=O)c3ccc(OC)cc3)cc1)CC2. The molecule has 42 heavy (non-hydrogen) atoms. The molecule has 2 aromatic carbocycles. The summed E-state index contributed by atoms with van der Waals surface area (Å²) in [6.07, 6.45) is 7.18. The number of piperazine rings is 1. The number of aliphatic hydroxyl groups is 1. The Kier molecular flexibility index (Phi) is 9.63. The molecule has 1 saturated carbocycles. The molecule has 0 bridgehead atoms. The maximum absolute atomic E-state index is 13.8. The largest absolute Gasteiger partial charge is 0.497 e. The van der Waals surface area contributed by atoms with Crippen molar-refractivity contribution in [3.8, 4) is 5.75 Å². The lowest BCUT2D eigenvalue weighted by molar-refractivity contribution is -0.166. The fourth-order valence-electron chi connectivity index (χ4n) is 6.97. The van der Waals surface area contributed by atoms with Crippen LogP contribution in [0.5, 0.6) is 5.75 Å². The number of hydrogen-bond donors (Lipinski definition) is 2. The number of carbonyl (C=O) groups is 3. The lowest BCUT2D eigenvalue weighted by Gasteiger charge is -2.52. The van der Waals surface area contributed by atoms with Crippen molar-refractivity contribution < 1.29 is 24.2 Å². The molecule has 2 amide bonds. The Labute approximate surface area is 249 Å². The minimum atomic E-state index is -0.861. The summed E-state index contributed by atoms with van der Waals surface area (Å²) in [5.41, 5.74) is 1.49. The third kappa shape index (κ3) is 6.25. The van der Waals surface area contributed by atoms with Gasteiger partial charge in [0.2, 0.25) is 11.8 Å². The fourth-order valence-corrected chi connectivity index (χ4v) is 6.97. The first-order chi connectivity index (χ1) is 20.4. The highest BCUT2D eigenvalue weighted by Gasteiger charge is 2.55. The second kappa shape index (κ2) is 13.4. The molecule has 2 heterocycles. The van der Waals surface area contributed by atoms with Gasteiger partial charge in [-0.15, -0.1) is 0 Å². The molecule has 3 fully saturated rings. The number of rotatable bonds is 10. The van der Waals surface area contributed by atoms with E-state index in [1.807, 2.05) is 29.2 Å². The van der Waals surface area contributed by atoms with E-state index >= 15 is 0 Å². The molecule has 2 atom stereocenters. The molecule has 1 spiro atoms. The molecular formula is C34H45N3O5. The summed E-state index contributed by atoms with van der Waals surface area (Å²) in [5.74, 6) is 0.516. The molecular weight excluding hydrogens is 530 g/mol. The van der Waals surface area contributed by atoms with Crippen LogP contribution >= 0.6 is 0 Å². The predicted octanol–water partition coefficient (Wildman–Crippen LogP) is 4.33. The molecule has 2 saturated heterocycles. The second-order valence-electron chi connectivity index (χ2n) is 12.2. The zero-order valence-corrected chi connectivity index (χ0v) is 25.0. The Morgan fingerprint density at radius 1 is 1.00 bits per heavy atom. The van der Waals surface area contributed by atoms with E-state index in [1.54, 1.807) is 31.4 Å². The molecule has 1 aliphatic carbocycles. The number of methoxy groups -OCH3 is 1. The number of aliphatic hydroxyl groups excluding tert-OH is 1. The molecule has 5 rings (SSSR count). The van der Waals surface area contributed by atoms with Gasteiger partial charge in [-0.1, -0.05) is 56.9 Å². The Morgan fingerprint density at radius 3 is 2.21 bits per heavy atom. The number of hydrogen-bond acceptors (Lipinski definition) is 6. The first kappa shape index (κ1) is 30.2. The summed E-state index contributed by atoms with van der Waals surface area (Å²) in [6.45, 7) is 4.71. The maximum Gasteiger partial charge on any atom is 0.248 e. The first-order valence-electron chi connectivity index (χ1n) is 15.7. The summed E-state index contributed by atoms with van der Waals surface area (Å²) in [6, 6.07) is 14.0. The fraction of sp³-hybridized carbons (Fsp3) is 0.559. The molecule has 0 aromatic heterocycles. The Balaban J connectivity index is 1.22. The highest BCUT2D eigenvalue weighted by Crippen LogP contribution is 2.36. The topological polar surface area (TPSA) is 99.2 Å². The Morgan fingerprint density at radius 2 is 1.62 bits per heavy atom. The van der Waals surface area contributed by atoms with Gasteiger partial charge in [0.05, 0.1) is 13.2 Å². The maximum atomic E-state index is 13.8. The van der Waals surface area contributed by atoms with Gasteiger partial charge in [0, 0.05) is 37.3 Å². The van der Waals surface area contributed by atoms with Gasteiger partial charge in [0.1, 0.15) is 17.3 Å². The molecule has 2 aromatic rings. The van der Waals surface area contributed by atoms with Crippen LogP contribution < -0.4 is 10.1 Å². The predicted molar refractivity (Wildman–Crippen MR) is 161 cm³/mol. The van der Waals surface area contributed by atoms with Crippen LogP contribution in [0.1, 0.15) is 86.2 Å². The normalized spacial score (nSPS) is 22.2. The molecule has 8 nitrogen and oxygen atoms in total. The number of ketones is 1. The van der Waals surface area contributed by atoms with Gasteiger partial charge >= 0.3 is 0 Å². The number of likely N-dealkylation sites (tertiary alicyclic amines) is 1. The number of amides is 2. The van der Waals surface area contributed by atoms with Crippen LogP contribution in [0.4, 0.5) is 0 Å². The summed E-state index contributed by atoms with van der Waals surface area (Å²) >= 11 is 0. The van der Waals surface area contributed by atoms with Crippen LogP contribution in [0.3, 0.4) is 0 Å². The van der Waals surface area contributed by atoms with Gasteiger partial charge in [0.15, 0.2) is 5.78 Å². The molecule has 8 heteroatoms. The van der Waals surface area contributed by atoms with Crippen molar-refractivity contribution in [2.75, 3.05) is 26.7 Å². The van der Waals surface area contributed by atoms with Crippen molar-refractivity contribution in [2.24, 2.45) is 5.92 Å². The minimum absolute atomic E-state index is 0.0313. The van der Waals surface area contributed by atoms with Gasteiger partial charge in [-0.2, -0.15) is 0 Å². The molecule has 3 aliphatic rings. The monoisotopic (exact) mass is 575 g/mol. The van der Waals surface area contributed by atoms with Gasteiger partial charge < -0.3 is 20.1 Å². The standard InChI is InChI=1S/C34H45N3O5/c1-3-4-20-37-32(40)29(31(39)25-8-6-5-7-9-25)35-33(41)34(37)18-21-36(22-19-34)23-24-10-12-26(13-11-24)30(38)27-14-16-28(42-2)17-15-27/h10-17,25,29,31,39H,3-9,18-23H2,1-2H3,(H,35,41)/t29-,31-/m1/s1.